The molecule has 22 heavy (non-hydrogen) atoms. The number of carbonyl (C=O) groups is 2. The topological polar surface area (TPSA) is 104 Å². The van der Waals surface area contributed by atoms with Crippen LogP contribution in [0.15, 0.2) is 41.3 Å². The molecule has 0 spiro atoms. The lowest BCUT2D eigenvalue weighted by atomic mass is 10.4. The molecule has 1 aliphatic rings. The average molecular weight is 346 g/mol. The molecule has 0 amide bonds. The average Bonchev–Trinajstić information content (AvgIpc) is 3.00. The summed E-state index contributed by atoms with van der Waals surface area (Å²) in [4.78, 5) is 20.0. The van der Waals surface area contributed by atoms with E-state index in [1.807, 2.05) is 12.1 Å². The van der Waals surface area contributed by atoms with E-state index in [-0.39, 0.29) is 5.25 Å². The number of aliphatic carboxylic acids is 2. The zero-order valence-electron chi connectivity index (χ0n) is 11.6. The molecule has 1 fully saturated rings. The second-order valence-electron chi connectivity index (χ2n) is 4.38. The van der Waals surface area contributed by atoms with E-state index in [0.29, 0.717) is 17.2 Å². The van der Waals surface area contributed by atoms with Crippen molar-refractivity contribution in [2.75, 3.05) is 13.1 Å². The molecule has 2 atom stereocenters. The van der Waals surface area contributed by atoms with Gasteiger partial charge in [-0.15, -0.1) is 0 Å². The van der Waals surface area contributed by atoms with Crippen LogP contribution in [0.4, 0.5) is 0 Å². The van der Waals surface area contributed by atoms with E-state index in [1.165, 1.54) is 0 Å². The molecule has 0 bridgehead atoms. The molecule has 0 aromatic heterocycles. The fraction of sp³-hybridized carbons (Fsp3) is 0.286. The van der Waals surface area contributed by atoms with Crippen LogP contribution in [0.2, 0.25) is 5.02 Å². The van der Waals surface area contributed by atoms with E-state index in [4.69, 9.17) is 21.8 Å². The molecule has 1 saturated heterocycles. The molecule has 1 heterocycles. The van der Waals surface area contributed by atoms with Crippen LogP contribution in [0.1, 0.15) is 6.42 Å². The minimum absolute atomic E-state index is 0.260. The summed E-state index contributed by atoms with van der Waals surface area (Å²) in [5, 5.41) is 19.8. The van der Waals surface area contributed by atoms with Gasteiger partial charge in [0.25, 0.3) is 0 Å². The van der Waals surface area contributed by atoms with Crippen molar-refractivity contribution < 1.29 is 24.0 Å². The van der Waals surface area contributed by atoms with Crippen LogP contribution >= 0.6 is 11.6 Å². The van der Waals surface area contributed by atoms with Crippen molar-refractivity contribution in [2.24, 2.45) is 0 Å². The molecule has 8 heteroatoms. The van der Waals surface area contributed by atoms with E-state index in [1.54, 1.807) is 12.1 Å². The van der Waals surface area contributed by atoms with Crippen LogP contribution in [0, 0.1) is 0 Å². The summed E-state index contributed by atoms with van der Waals surface area (Å²) < 4.78 is 12.0. The number of hydrogen-bond acceptors (Lipinski definition) is 4. The third kappa shape index (κ3) is 6.84. The van der Waals surface area contributed by atoms with Gasteiger partial charge in [-0.3, -0.25) is 4.21 Å². The van der Waals surface area contributed by atoms with Crippen LogP contribution in [0.3, 0.4) is 0 Å². The van der Waals surface area contributed by atoms with Crippen LogP contribution in [-0.2, 0) is 20.4 Å². The maximum atomic E-state index is 12.0. The van der Waals surface area contributed by atoms with Gasteiger partial charge in [-0.05, 0) is 37.2 Å². The van der Waals surface area contributed by atoms with Crippen molar-refractivity contribution in [2.45, 2.75) is 16.6 Å². The third-order valence-corrected chi connectivity index (χ3v) is 4.73. The monoisotopic (exact) mass is 345 g/mol. The molecule has 120 valence electrons. The predicted molar refractivity (Wildman–Crippen MR) is 83.5 cm³/mol. The Morgan fingerprint density at radius 3 is 2.14 bits per heavy atom. The summed E-state index contributed by atoms with van der Waals surface area (Å²) in [5.41, 5.74) is 0. The van der Waals surface area contributed by atoms with Gasteiger partial charge < -0.3 is 15.5 Å². The summed E-state index contributed by atoms with van der Waals surface area (Å²) in [6.45, 7) is 1.83. The van der Waals surface area contributed by atoms with Crippen LogP contribution < -0.4 is 5.32 Å². The van der Waals surface area contributed by atoms with E-state index in [0.717, 1.165) is 24.4 Å². The minimum atomic E-state index is -1.26. The van der Waals surface area contributed by atoms with E-state index < -0.39 is 22.7 Å². The number of carboxylic acid groups (broad SMARTS) is 2. The van der Waals surface area contributed by atoms with Crippen LogP contribution in [0.25, 0.3) is 0 Å². The lowest BCUT2D eigenvalue weighted by molar-refractivity contribution is -0.134. The maximum Gasteiger partial charge on any atom is 0.328 e. The SMILES string of the molecule is O=C(O)C=CC(=O)O.O=S(c1ccc(Cl)cc1)C1CCNC1. The zero-order chi connectivity index (χ0) is 16.5. The number of carboxylic acids is 2. The Balaban J connectivity index is 0.000000261. The smallest absolute Gasteiger partial charge is 0.328 e. The maximum absolute atomic E-state index is 12.0. The predicted octanol–water partition coefficient (Wildman–Crippen LogP) is 1.52. The van der Waals surface area contributed by atoms with Crippen molar-refractivity contribution in [3.05, 3.63) is 41.4 Å². The first-order valence-electron chi connectivity index (χ1n) is 6.41. The normalized spacial score (nSPS) is 18.5. The van der Waals surface area contributed by atoms with Crippen molar-refractivity contribution >= 4 is 34.3 Å². The highest BCUT2D eigenvalue weighted by atomic mass is 35.5. The first kappa shape index (κ1) is 18.3. The Hall–Kier alpha value is -1.70. The second-order valence-corrected chi connectivity index (χ2v) is 6.55. The van der Waals surface area contributed by atoms with Gasteiger partial charge in [0.05, 0.1) is 16.0 Å². The molecule has 1 aromatic carbocycles. The first-order chi connectivity index (χ1) is 10.4. The number of nitrogens with one attached hydrogen (secondary N) is 1. The van der Waals surface area contributed by atoms with E-state index in [2.05, 4.69) is 5.32 Å². The zero-order valence-corrected chi connectivity index (χ0v) is 13.1. The standard InChI is InChI=1S/C10H12ClNOS.C4H4O4/c11-8-1-3-9(4-2-8)14(13)10-5-6-12-7-10;5-3(6)1-2-4(7)8/h1-4,10,12H,5-7H2;1-2H,(H,5,6)(H,7,8). The third-order valence-electron chi connectivity index (χ3n) is 2.73. The molecule has 3 N–H and O–H groups in total. The first-order valence-corrected chi connectivity index (χ1v) is 8.00. The Morgan fingerprint density at radius 1 is 1.18 bits per heavy atom. The number of halogens is 1. The Labute approximate surface area is 135 Å². The largest absolute Gasteiger partial charge is 0.478 e. The second kappa shape index (κ2) is 9.34. The number of rotatable bonds is 4. The Kier molecular flexibility index (Phi) is 7.79. The highest BCUT2D eigenvalue weighted by Crippen LogP contribution is 2.18. The van der Waals surface area contributed by atoms with Crippen LogP contribution in [-0.4, -0.2) is 44.7 Å². The molecule has 1 aliphatic heterocycles. The molecule has 1 aromatic rings. The Morgan fingerprint density at radius 2 is 1.73 bits per heavy atom. The van der Waals surface area contributed by atoms with Crippen molar-refractivity contribution in [3.63, 3.8) is 0 Å². The van der Waals surface area contributed by atoms with E-state index in [9.17, 15) is 13.8 Å². The molecule has 0 radical (unpaired) electrons. The summed E-state index contributed by atoms with van der Waals surface area (Å²) in [6.07, 6.45) is 2.11. The summed E-state index contributed by atoms with van der Waals surface area (Å²) in [7, 11) is -0.888. The Bertz CT molecular complexity index is 551. The highest BCUT2D eigenvalue weighted by Gasteiger charge is 2.21. The number of benzene rings is 1. The molecule has 2 rings (SSSR count). The number of hydrogen-bond donors (Lipinski definition) is 3. The molecule has 6 nitrogen and oxygen atoms in total. The molecule has 0 saturated carbocycles. The van der Waals surface area contributed by atoms with Crippen molar-refractivity contribution in [1.29, 1.82) is 0 Å². The van der Waals surface area contributed by atoms with Gasteiger partial charge in [-0.2, -0.15) is 0 Å². The van der Waals surface area contributed by atoms with Gasteiger partial charge in [-0.1, -0.05) is 11.6 Å². The molecular formula is C14H16ClNO5S. The van der Waals surface area contributed by atoms with E-state index >= 15 is 0 Å². The lowest BCUT2D eigenvalue weighted by Crippen LogP contribution is -2.18. The van der Waals surface area contributed by atoms with Gasteiger partial charge in [0.1, 0.15) is 0 Å². The molecular weight excluding hydrogens is 330 g/mol. The van der Waals surface area contributed by atoms with Gasteiger partial charge in [0.2, 0.25) is 0 Å². The van der Waals surface area contributed by atoms with Crippen molar-refractivity contribution in [3.8, 4) is 0 Å². The summed E-state index contributed by atoms with van der Waals surface area (Å²) in [5.74, 6) is -2.51. The van der Waals surface area contributed by atoms with Gasteiger partial charge in [0.15, 0.2) is 0 Å². The fourth-order valence-electron chi connectivity index (χ4n) is 1.71. The fourth-order valence-corrected chi connectivity index (χ4v) is 3.23. The molecule has 0 aliphatic carbocycles. The highest BCUT2D eigenvalue weighted by molar-refractivity contribution is 7.85. The van der Waals surface area contributed by atoms with Crippen LogP contribution in [0.5, 0.6) is 0 Å². The quantitative estimate of drug-likeness (QED) is 0.715. The van der Waals surface area contributed by atoms with Gasteiger partial charge in [-0.25, -0.2) is 9.59 Å². The minimum Gasteiger partial charge on any atom is -0.478 e. The summed E-state index contributed by atoms with van der Waals surface area (Å²) in [6, 6.07) is 7.27. The van der Waals surface area contributed by atoms with Crippen molar-refractivity contribution in [1.82, 2.24) is 5.32 Å². The van der Waals surface area contributed by atoms with Gasteiger partial charge >= 0.3 is 11.9 Å². The van der Waals surface area contributed by atoms with Gasteiger partial charge in [0, 0.05) is 28.6 Å². The molecule has 2 unspecified atom stereocenters. The summed E-state index contributed by atoms with van der Waals surface area (Å²) >= 11 is 5.76. The lowest BCUT2D eigenvalue weighted by Gasteiger charge is -2.07.